The maximum absolute atomic E-state index is 14.2. The van der Waals surface area contributed by atoms with E-state index in [1.807, 2.05) is 105 Å². The van der Waals surface area contributed by atoms with Crippen molar-refractivity contribution in [2.45, 2.75) is 90.6 Å². The molecule has 0 unspecified atom stereocenters. The van der Waals surface area contributed by atoms with Crippen molar-refractivity contribution in [1.29, 1.82) is 0 Å². The van der Waals surface area contributed by atoms with Crippen LogP contribution in [0, 0.1) is 12.3 Å². The first kappa shape index (κ1) is 55.1. The number of likely N-dealkylation sites (tertiary alicyclic amines) is 1. The number of carbonyl (C=O) groups is 4. The summed E-state index contributed by atoms with van der Waals surface area (Å²) >= 11 is 8.07. The first-order chi connectivity index (χ1) is 35.7. The minimum atomic E-state index is -2.58. The lowest BCUT2D eigenvalue weighted by atomic mass is 9.85. The number of β-amino-alcohol motifs (C(OH)–C–C–N with tert-alkyl or cyclic N) is 1. The van der Waals surface area contributed by atoms with Gasteiger partial charge in [0, 0.05) is 94.7 Å². The number of carbonyl (C=O) groups excluding carboxylic acids is 4. The third-order valence-corrected chi connectivity index (χ3v) is 17.0. The monoisotopic (exact) mass is 1080 g/mol. The first-order valence-electron chi connectivity index (χ1n) is 25.5. The average molecular weight is 1080 g/mol. The normalized spacial score (nSPS) is 18.1. The van der Waals surface area contributed by atoms with Crippen LogP contribution in [0.5, 0.6) is 5.75 Å². The third kappa shape index (κ3) is 13.7. The number of piperazine rings is 1. The number of hydrogen-bond acceptors (Lipinski definition) is 15. The van der Waals surface area contributed by atoms with Crippen LogP contribution in [0.4, 0.5) is 28.8 Å². The van der Waals surface area contributed by atoms with E-state index in [2.05, 4.69) is 46.0 Å². The van der Waals surface area contributed by atoms with Gasteiger partial charge in [-0.25, -0.2) is 9.97 Å². The minimum absolute atomic E-state index is 0.00829. The number of piperidine rings is 1. The molecular weight excluding hydrogens is 1010 g/mol. The van der Waals surface area contributed by atoms with Crippen LogP contribution in [0.2, 0.25) is 5.02 Å². The van der Waals surface area contributed by atoms with Crippen LogP contribution in [0.25, 0.3) is 10.4 Å². The van der Waals surface area contributed by atoms with E-state index in [0.717, 1.165) is 66.4 Å². The van der Waals surface area contributed by atoms with E-state index < -0.39 is 42.6 Å². The number of anilines is 5. The van der Waals surface area contributed by atoms with E-state index in [1.165, 1.54) is 11.1 Å². The van der Waals surface area contributed by atoms with Gasteiger partial charge in [-0.05, 0) is 73.9 Å². The molecule has 4 amide bonds. The van der Waals surface area contributed by atoms with E-state index in [0.29, 0.717) is 58.3 Å². The molecule has 3 saturated heterocycles. The van der Waals surface area contributed by atoms with Crippen LogP contribution in [0.1, 0.15) is 64.1 Å². The van der Waals surface area contributed by atoms with E-state index in [1.54, 1.807) is 31.8 Å². The summed E-state index contributed by atoms with van der Waals surface area (Å²) in [5.41, 5.74) is 6.36. The van der Waals surface area contributed by atoms with Crippen molar-refractivity contribution in [1.82, 2.24) is 40.3 Å². The molecule has 0 spiro atoms. The average Bonchev–Trinajstić information content (AvgIpc) is 4.02. The summed E-state index contributed by atoms with van der Waals surface area (Å²) in [6, 6.07) is 19.7. The first-order valence-corrected chi connectivity index (χ1v) is 29.3. The van der Waals surface area contributed by atoms with Gasteiger partial charge in [0.15, 0.2) is 5.82 Å². The molecule has 0 aliphatic carbocycles. The number of ether oxygens (including phenoxy) is 1. The van der Waals surface area contributed by atoms with Crippen LogP contribution in [-0.2, 0) is 30.3 Å². The molecule has 3 aliphatic heterocycles. The Kier molecular flexibility index (Phi) is 17.5. The van der Waals surface area contributed by atoms with Crippen LogP contribution >= 0.6 is 30.1 Å². The second-order valence-corrected chi connectivity index (χ2v) is 25.4. The number of aliphatic hydroxyl groups is 1. The van der Waals surface area contributed by atoms with Crippen molar-refractivity contribution in [2.75, 3.05) is 81.8 Å². The Morgan fingerprint density at radius 2 is 1.64 bits per heavy atom. The Labute approximate surface area is 448 Å². The predicted molar refractivity (Wildman–Crippen MR) is 296 cm³/mol. The second-order valence-electron chi connectivity index (χ2n) is 21.0. The summed E-state index contributed by atoms with van der Waals surface area (Å²) in [7, 11) is -0.956. The highest BCUT2D eigenvalue weighted by Crippen LogP contribution is 2.39. The highest BCUT2D eigenvalue weighted by molar-refractivity contribution is 7.70. The third-order valence-electron chi connectivity index (χ3n) is 14.2. The largest absolute Gasteiger partial charge is 0.494 e. The van der Waals surface area contributed by atoms with E-state index in [9.17, 15) is 28.8 Å². The van der Waals surface area contributed by atoms with Crippen molar-refractivity contribution in [3.8, 4) is 16.2 Å². The van der Waals surface area contributed by atoms with E-state index in [-0.39, 0.29) is 44.2 Å². The summed E-state index contributed by atoms with van der Waals surface area (Å²) < 4.78 is 18.8. The van der Waals surface area contributed by atoms with Gasteiger partial charge < -0.3 is 50.4 Å². The Hall–Kier alpha value is -6.11. The van der Waals surface area contributed by atoms with Crippen LogP contribution in [0.15, 0.2) is 78.4 Å². The van der Waals surface area contributed by atoms with Crippen molar-refractivity contribution < 1.29 is 33.6 Å². The standard InChI is InChI=1S/C54H69ClN11O7PS/c1-34-48(75-33-58-34)36-14-12-35(13-15-36)30-56-51(70)43-29-39(67)32-66(43)52(71)49(54(2,3)4)61-46(68)18-19-47(69)65-26-24-64(25-27-65)37-20-22-63(23-21-37)38-16-17-41(44(28-38)73-5)60-53-57-31-40(55)50(62-53)59-42-10-8-9-11-45(42)74(6,7)72/h8-17,28,31,33,37,39,43,49,67H,18-27,29-30,32H2,1-7H3,(H,56,70)(H,61,68)(H2,57,59,60,62)/t39-,43+,49-/m1/s1. The number of rotatable bonds is 17. The second kappa shape index (κ2) is 23.8. The van der Waals surface area contributed by atoms with Gasteiger partial charge in [0.1, 0.15) is 30.0 Å². The predicted octanol–water partition coefficient (Wildman–Crippen LogP) is 7.01. The summed E-state index contributed by atoms with van der Waals surface area (Å²) in [5.74, 6) is -0.0462. The zero-order valence-corrected chi connectivity index (χ0v) is 46.2. The van der Waals surface area contributed by atoms with Crippen molar-refractivity contribution in [3.05, 3.63) is 94.7 Å². The van der Waals surface area contributed by atoms with Gasteiger partial charge in [-0.2, -0.15) is 4.98 Å². The van der Waals surface area contributed by atoms with Crippen molar-refractivity contribution in [2.24, 2.45) is 5.41 Å². The number of aromatic nitrogens is 3. The number of halogens is 1. The fraction of sp³-hybridized carbons (Fsp3) is 0.463. The fourth-order valence-corrected chi connectivity index (χ4v) is 12.1. The van der Waals surface area contributed by atoms with Gasteiger partial charge in [0.05, 0.1) is 46.9 Å². The number of benzene rings is 3. The van der Waals surface area contributed by atoms with Crippen LogP contribution in [-0.4, -0.2) is 149 Å². The Morgan fingerprint density at radius 1 is 0.920 bits per heavy atom. The van der Waals surface area contributed by atoms with Gasteiger partial charge in [-0.15, -0.1) is 11.3 Å². The zero-order valence-electron chi connectivity index (χ0n) is 43.8. The van der Waals surface area contributed by atoms with Crippen LogP contribution < -0.4 is 36.2 Å². The molecule has 0 saturated carbocycles. The molecule has 3 atom stereocenters. The molecule has 5 N–H and O–H groups in total. The number of amides is 4. The molecule has 2 aromatic heterocycles. The van der Waals surface area contributed by atoms with Crippen LogP contribution in [0.3, 0.4) is 0 Å². The summed E-state index contributed by atoms with van der Waals surface area (Å²) in [4.78, 5) is 77.1. The zero-order chi connectivity index (χ0) is 53.6. The maximum Gasteiger partial charge on any atom is 0.246 e. The lowest BCUT2D eigenvalue weighted by molar-refractivity contribution is -0.144. The highest BCUT2D eigenvalue weighted by Gasteiger charge is 2.44. The minimum Gasteiger partial charge on any atom is -0.494 e. The molecule has 18 nitrogen and oxygen atoms in total. The lowest BCUT2D eigenvalue weighted by Crippen LogP contribution is -2.57. The van der Waals surface area contributed by atoms with Crippen molar-refractivity contribution >= 4 is 87.8 Å². The Bertz CT molecular complexity index is 2900. The number of nitrogens with one attached hydrogen (secondary N) is 4. The van der Waals surface area contributed by atoms with E-state index in [4.69, 9.17) is 16.3 Å². The molecule has 400 valence electrons. The van der Waals surface area contributed by atoms with Crippen molar-refractivity contribution in [3.63, 3.8) is 0 Å². The quantitative estimate of drug-likeness (QED) is 0.0593. The highest BCUT2D eigenvalue weighted by atomic mass is 35.5. The summed E-state index contributed by atoms with van der Waals surface area (Å²) in [6.07, 6.45) is 2.55. The fourth-order valence-electron chi connectivity index (χ4n) is 10.0. The van der Waals surface area contributed by atoms with Gasteiger partial charge in [0.2, 0.25) is 29.6 Å². The smallest absolute Gasteiger partial charge is 0.246 e. The molecule has 75 heavy (non-hydrogen) atoms. The molecule has 3 fully saturated rings. The number of aryl methyl sites for hydroxylation is 1. The molecule has 3 aliphatic rings. The Morgan fingerprint density at radius 3 is 2.31 bits per heavy atom. The molecule has 5 heterocycles. The molecule has 5 aromatic rings. The molecule has 0 bridgehead atoms. The molecular formula is C54H69ClN11O7PS. The Balaban J connectivity index is 0.776. The number of nitrogens with zero attached hydrogens (tertiary/aromatic N) is 7. The molecule has 3 aromatic carbocycles. The van der Waals surface area contributed by atoms with Gasteiger partial charge in [-0.1, -0.05) is 68.8 Å². The summed E-state index contributed by atoms with van der Waals surface area (Å²) in [5, 5.41) is 24.0. The molecule has 0 radical (unpaired) electrons. The molecule has 21 heteroatoms. The van der Waals surface area contributed by atoms with Gasteiger partial charge >= 0.3 is 0 Å². The maximum atomic E-state index is 14.2. The summed E-state index contributed by atoms with van der Waals surface area (Å²) in [6.45, 7) is 15.5. The number of hydrogen-bond donors (Lipinski definition) is 5. The topological polar surface area (TPSA) is 215 Å². The number of aliphatic hydroxyl groups excluding tert-OH is 1. The van der Waals surface area contributed by atoms with Gasteiger partial charge in [-0.3, -0.25) is 24.1 Å². The SMILES string of the molecule is COc1cc(N2CCC(N3CCN(C(=O)CCC(=O)N[C@H](C(=O)N4C[C@H](O)C[C@H]4C(=O)NCc4ccc(-c5scnc5C)cc4)C(C)(C)C)CC3)CC2)ccc1Nc1ncc(Cl)c(Nc2ccccc2P(C)(C)=O)n1. The van der Waals surface area contributed by atoms with E-state index >= 15 is 0 Å². The van der Waals surface area contributed by atoms with Gasteiger partial charge in [0.25, 0.3) is 0 Å². The number of thiazole rings is 1. The number of para-hydroxylation sites is 1. The lowest BCUT2D eigenvalue weighted by Gasteiger charge is -2.43. The molecule has 8 rings (SSSR count). The number of methoxy groups -OCH3 is 1.